The number of hydrogen-bond donors (Lipinski definition) is 0. The van der Waals surface area contributed by atoms with Crippen LogP contribution in [-0.2, 0) is 0 Å². The van der Waals surface area contributed by atoms with Gasteiger partial charge in [-0.05, 0) is 55.3 Å². The van der Waals surface area contributed by atoms with E-state index in [-0.39, 0.29) is 11.5 Å². The second-order valence-electron chi connectivity index (χ2n) is 5.95. The summed E-state index contributed by atoms with van der Waals surface area (Å²) >= 11 is 1.19. The van der Waals surface area contributed by atoms with Crippen molar-refractivity contribution in [2.45, 2.75) is 19.1 Å². The molecule has 0 aliphatic rings. The van der Waals surface area contributed by atoms with Crippen LogP contribution in [0.3, 0.4) is 0 Å². The highest BCUT2D eigenvalue weighted by atomic mass is 32.2. The average Bonchev–Trinajstić information content (AvgIpc) is 3.16. The largest absolute Gasteiger partial charge is 0.497 e. The molecule has 27 heavy (non-hydrogen) atoms. The Labute approximate surface area is 161 Å². The Bertz CT molecular complexity index is 968. The van der Waals surface area contributed by atoms with Gasteiger partial charge in [0.05, 0.1) is 25.5 Å². The van der Waals surface area contributed by atoms with Gasteiger partial charge in [0.2, 0.25) is 5.89 Å². The molecule has 140 valence electrons. The fraction of sp³-hybridized carbons (Fsp3) is 0.250. The summed E-state index contributed by atoms with van der Waals surface area (Å²) in [6.07, 6.45) is 0. The molecule has 3 rings (SSSR count). The van der Waals surface area contributed by atoms with Gasteiger partial charge in [-0.1, -0.05) is 17.8 Å². The number of ether oxygens (including phenoxy) is 2. The zero-order valence-corrected chi connectivity index (χ0v) is 16.4. The predicted octanol–water partition coefficient (Wildman–Crippen LogP) is 4.35. The van der Waals surface area contributed by atoms with E-state index >= 15 is 0 Å². The van der Waals surface area contributed by atoms with Crippen molar-refractivity contribution in [3.63, 3.8) is 0 Å². The van der Waals surface area contributed by atoms with Crippen molar-refractivity contribution >= 4 is 17.5 Å². The first kappa shape index (κ1) is 19.0. The molecule has 3 aromatic rings. The zero-order chi connectivity index (χ0) is 19.4. The molecule has 0 saturated heterocycles. The van der Waals surface area contributed by atoms with Crippen LogP contribution in [0.1, 0.15) is 21.5 Å². The molecule has 0 bridgehead atoms. The summed E-state index contributed by atoms with van der Waals surface area (Å²) in [6.45, 7) is 4.08. The van der Waals surface area contributed by atoms with Crippen molar-refractivity contribution in [1.82, 2.24) is 10.2 Å². The highest BCUT2D eigenvalue weighted by Gasteiger charge is 2.16. The van der Waals surface area contributed by atoms with Crippen LogP contribution in [0.2, 0.25) is 0 Å². The Balaban J connectivity index is 1.71. The molecule has 0 saturated carbocycles. The van der Waals surface area contributed by atoms with Gasteiger partial charge in [-0.15, -0.1) is 10.2 Å². The second-order valence-corrected chi connectivity index (χ2v) is 6.88. The van der Waals surface area contributed by atoms with Gasteiger partial charge in [-0.25, -0.2) is 0 Å². The molecule has 1 heterocycles. The van der Waals surface area contributed by atoms with E-state index < -0.39 is 0 Å². The summed E-state index contributed by atoms with van der Waals surface area (Å²) in [5.74, 6) is 1.58. The molecule has 0 aliphatic heterocycles. The maximum atomic E-state index is 12.6. The van der Waals surface area contributed by atoms with E-state index in [1.54, 1.807) is 25.3 Å². The fourth-order valence-electron chi connectivity index (χ4n) is 2.50. The number of carbonyl (C=O) groups excluding carboxylic acids is 1. The zero-order valence-electron chi connectivity index (χ0n) is 15.6. The van der Waals surface area contributed by atoms with E-state index in [2.05, 4.69) is 10.2 Å². The summed E-state index contributed by atoms with van der Waals surface area (Å²) in [4.78, 5) is 12.6. The van der Waals surface area contributed by atoms with Crippen LogP contribution in [0.5, 0.6) is 11.5 Å². The normalized spacial score (nSPS) is 10.7. The quantitative estimate of drug-likeness (QED) is 0.443. The van der Waals surface area contributed by atoms with Crippen LogP contribution in [0.15, 0.2) is 46.0 Å². The molecule has 0 radical (unpaired) electrons. The number of aryl methyl sites for hydroxylation is 2. The van der Waals surface area contributed by atoms with Crippen LogP contribution in [0.4, 0.5) is 0 Å². The Morgan fingerprint density at radius 3 is 2.56 bits per heavy atom. The number of nitrogens with zero attached hydrogens (tertiary/aromatic N) is 2. The minimum atomic E-state index is -0.110. The van der Waals surface area contributed by atoms with Crippen molar-refractivity contribution in [3.05, 3.63) is 53.1 Å². The summed E-state index contributed by atoms with van der Waals surface area (Å²) in [7, 11) is 3.08. The third-order valence-electron chi connectivity index (χ3n) is 4.19. The number of aromatic nitrogens is 2. The minimum absolute atomic E-state index is 0.110. The topological polar surface area (TPSA) is 74.5 Å². The van der Waals surface area contributed by atoms with Crippen LogP contribution < -0.4 is 9.47 Å². The molecular formula is C20H20N2O4S. The van der Waals surface area contributed by atoms with Gasteiger partial charge in [-0.3, -0.25) is 4.79 Å². The molecule has 0 amide bonds. The van der Waals surface area contributed by atoms with Crippen molar-refractivity contribution < 1.29 is 18.7 Å². The number of hydrogen-bond acceptors (Lipinski definition) is 7. The van der Waals surface area contributed by atoms with E-state index in [0.717, 1.165) is 11.1 Å². The van der Waals surface area contributed by atoms with E-state index in [1.165, 1.54) is 24.4 Å². The first-order chi connectivity index (χ1) is 13.0. The standard InChI is InChI=1S/C20H20N2O4S/c1-12-5-6-14(9-13(12)2)19-21-22-20(26-19)27-11-17(23)16-10-15(24-3)7-8-18(16)25-4/h5-10H,11H2,1-4H3. The van der Waals surface area contributed by atoms with Crippen molar-refractivity contribution in [2.75, 3.05) is 20.0 Å². The number of thioether (sulfide) groups is 1. The molecule has 2 aromatic carbocycles. The molecule has 0 atom stereocenters. The number of ketones is 1. The SMILES string of the molecule is COc1ccc(OC)c(C(=O)CSc2nnc(-c3ccc(C)c(C)c3)o2)c1. The lowest BCUT2D eigenvalue weighted by Crippen LogP contribution is -2.05. The number of Topliss-reactive ketones (excluding diaryl/α,β-unsaturated/α-hetero) is 1. The smallest absolute Gasteiger partial charge is 0.277 e. The van der Waals surface area contributed by atoms with Gasteiger partial charge in [-0.2, -0.15) is 0 Å². The van der Waals surface area contributed by atoms with Crippen molar-refractivity contribution in [1.29, 1.82) is 0 Å². The highest BCUT2D eigenvalue weighted by molar-refractivity contribution is 7.99. The third kappa shape index (κ3) is 4.31. The van der Waals surface area contributed by atoms with Gasteiger partial charge >= 0.3 is 0 Å². The van der Waals surface area contributed by atoms with Gasteiger partial charge < -0.3 is 13.9 Å². The van der Waals surface area contributed by atoms with Crippen molar-refractivity contribution in [2.24, 2.45) is 0 Å². The molecular weight excluding hydrogens is 364 g/mol. The van der Waals surface area contributed by atoms with Gasteiger partial charge in [0, 0.05) is 5.56 Å². The van der Waals surface area contributed by atoms with Gasteiger partial charge in [0.1, 0.15) is 11.5 Å². The summed E-state index contributed by atoms with van der Waals surface area (Å²) in [5, 5.41) is 8.45. The van der Waals surface area contributed by atoms with Crippen LogP contribution >= 0.6 is 11.8 Å². The van der Waals surface area contributed by atoms with Crippen molar-refractivity contribution in [3.8, 4) is 23.0 Å². The van der Waals surface area contributed by atoms with E-state index in [4.69, 9.17) is 13.9 Å². The second kappa shape index (κ2) is 8.26. The molecule has 1 aromatic heterocycles. The molecule has 7 heteroatoms. The van der Waals surface area contributed by atoms with Crippen LogP contribution in [0.25, 0.3) is 11.5 Å². The lowest BCUT2D eigenvalue weighted by Gasteiger charge is -2.08. The monoisotopic (exact) mass is 384 g/mol. The first-order valence-electron chi connectivity index (χ1n) is 8.31. The third-order valence-corrected chi connectivity index (χ3v) is 5.01. The summed E-state index contributed by atoms with van der Waals surface area (Å²) < 4.78 is 16.1. The van der Waals surface area contributed by atoms with Gasteiger partial charge in [0.25, 0.3) is 5.22 Å². The number of carbonyl (C=O) groups is 1. The number of benzene rings is 2. The lowest BCUT2D eigenvalue weighted by molar-refractivity contribution is 0.101. The first-order valence-corrected chi connectivity index (χ1v) is 9.29. The van der Waals surface area contributed by atoms with E-state index in [1.807, 2.05) is 32.0 Å². The van der Waals surface area contributed by atoms with E-state index in [9.17, 15) is 4.79 Å². The fourth-order valence-corrected chi connectivity index (χ4v) is 3.14. The molecule has 0 fully saturated rings. The number of methoxy groups -OCH3 is 2. The Morgan fingerprint density at radius 1 is 1.04 bits per heavy atom. The molecule has 6 nitrogen and oxygen atoms in total. The Kier molecular flexibility index (Phi) is 5.81. The Morgan fingerprint density at radius 2 is 1.85 bits per heavy atom. The maximum Gasteiger partial charge on any atom is 0.277 e. The molecule has 0 aliphatic carbocycles. The van der Waals surface area contributed by atoms with E-state index in [0.29, 0.717) is 28.2 Å². The lowest BCUT2D eigenvalue weighted by atomic mass is 10.1. The predicted molar refractivity (Wildman–Crippen MR) is 104 cm³/mol. The molecule has 0 spiro atoms. The molecule has 0 N–H and O–H groups in total. The average molecular weight is 384 g/mol. The van der Waals surface area contributed by atoms with Crippen LogP contribution in [-0.4, -0.2) is 36.0 Å². The molecule has 0 unspecified atom stereocenters. The number of rotatable bonds is 7. The summed E-state index contributed by atoms with van der Waals surface area (Å²) in [5.41, 5.74) is 3.67. The Hall–Kier alpha value is -2.80. The highest BCUT2D eigenvalue weighted by Crippen LogP contribution is 2.28. The summed E-state index contributed by atoms with van der Waals surface area (Å²) in [6, 6.07) is 11.1. The maximum absolute atomic E-state index is 12.6. The van der Waals surface area contributed by atoms with Gasteiger partial charge in [0.15, 0.2) is 5.78 Å². The van der Waals surface area contributed by atoms with Crippen LogP contribution in [0, 0.1) is 13.8 Å². The minimum Gasteiger partial charge on any atom is -0.497 e.